The lowest BCUT2D eigenvalue weighted by Gasteiger charge is -2.13. The molecule has 0 unspecified atom stereocenters. The van der Waals surface area contributed by atoms with Crippen LogP contribution in [0.2, 0.25) is 0 Å². The van der Waals surface area contributed by atoms with Crippen LogP contribution in [0.3, 0.4) is 0 Å². The molecule has 0 saturated heterocycles. The van der Waals surface area contributed by atoms with Crippen LogP contribution in [0.15, 0.2) is 48.5 Å². The van der Waals surface area contributed by atoms with Crippen molar-refractivity contribution in [2.75, 3.05) is 25.1 Å². The molecule has 0 spiro atoms. The summed E-state index contributed by atoms with van der Waals surface area (Å²) >= 11 is 0. The van der Waals surface area contributed by atoms with Crippen LogP contribution in [0.4, 0.5) is 18.9 Å². The summed E-state index contributed by atoms with van der Waals surface area (Å²) < 4.78 is 44.4. The molecule has 0 radical (unpaired) electrons. The van der Waals surface area contributed by atoms with E-state index in [0.29, 0.717) is 31.7 Å². The number of rotatable bonds is 8. The molecule has 150 valence electrons. The van der Waals surface area contributed by atoms with Gasteiger partial charge in [-0.15, -0.1) is 0 Å². The van der Waals surface area contributed by atoms with Crippen LogP contribution in [0, 0.1) is 0 Å². The summed E-state index contributed by atoms with van der Waals surface area (Å²) in [5.74, 6) is -1.24. The number of anilines is 1. The van der Waals surface area contributed by atoms with Gasteiger partial charge >= 0.3 is 6.18 Å². The van der Waals surface area contributed by atoms with Gasteiger partial charge in [0.2, 0.25) is 0 Å². The second-order valence-corrected chi connectivity index (χ2v) is 5.88. The first-order chi connectivity index (χ1) is 13.3. The Bertz CT molecular complexity index is 822. The van der Waals surface area contributed by atoms with Crippen molar-refractivity contribution in [3.8, 4) is 0 Å². The second kappa shape index (κ2) is 9.89. The molecule has 0 aliphatic rings. The summed E-state index contributed by atoms with van der Waals surface area (Å²) in [5.41, 5.74) is -0.987. The summed E-state index contributed by atoms with van der Waals surface area (Å²) in [6.07, 6.45) is -3.98. The predicted molar refractivity (Wildman–Crippen MR) is 99.3 cm³/mol. The van der Waals surface area contributed by atoms with Gasteiger partial charge < -0.3 is 15.4 Å². The fraction of sp³-hybridized carbons (Fsp3) is 0.300. The highest BCUT2D eigenvalue weighted by molar-refractivity contribution is 6.06. The largest absolute Gasteiger partial charge is 0.417 e. The van der Waals surface area contributed by atoms with Gasteiger partial charge in [-0.05, 0) is 43.7 Å². The number of carbonyl (C=O) groups excluding carboxylic acids is 2. The van der Waals surface area contributed by atoms with E-state index in [1.165, 1.54) is 24.3 Å². The molecular formula is C20H21F3N2O3. The third-order valence-electron chi connectivity index (χ3n) is 3.81. The molecule has 0 aliphatic heterocycles. The van der Waals surface area contributed by atoms with E-state index in [4.69, 9.17) is 4.74 Å². The van der Waals surface area contributed by atoms with Crippen molar-refractivity contribution in [3.05, 3.63) is 65.2 Å². The zero-order chi connectivity index (χ0) is 20.6. The zero-order valence-electron chi connectivity index (χ0n) is 15.3. The van der Waals surface area contributed by atoms with Crippen LogP contribution < -0.4 is 10.6 Å². The lowest BCUT2D eigenvalue weighted by molar-refractivity contribution is -0.137. The Morgan fingerprint density at radius 3 is 2.50 bits per heavy atom. The van der Waals surface area contributed by atoms with E-state index in [1.54, 1.807) is 12.1 Å². The summed E-state index contributed by atoms with van der Waals surface area (Å²) in [4.78, 5) is 24.5. The van der Waals surface area contributed by atoms with Crippen molar-refractivity contribution < 1.29 is 27.5 Å². The molecular weight excluding hydrogens is 373 g/mol. The zero-order valence-corrected chi connectivity index (χ0v) is 15.3. The molecule has 0 fully saturated rings. The lowest BCUT2D eigenvalue weighted by Crippen LogP contribution is -2.25. The number of amides is 2. The minimum atomic E-state index is -4.64. The molecule has 2 aromatic carbocycles. The molecule has 0 saturated carbocycles. The molecule has 2 aromatic rings. The van der Waals surface area contributed by atoms with Gasteiger partial charge in [0.15, 0.2) is 0 Å². The molecule has 2 N–H and O–H groups in total. The molecule has 0 atom stereocenters. The summed E-state index contributed by atoms with van der Waals surface area (Å²) in [7, 11) is 0. The molecule has 8 heteroatoms. The number of halogens is 3. The van der Waals surface area contributed by atoms with Crippen molar-refractivity contribution in [1.29, 1.82) is 0 Å². The van der Waals surface area contributed by atoms with Crippen molar-refractivity contribution in [2.45, 2.75) is 19.5 Å². The quantitative estimate of drug-likeness (QED) is 0.662. The summed E-state index contributed by atoms with van der Waals surface area (Å²) in [5, 5.41) is 5.13. The Morgan fingerprint density at radius 2 is 1.79 bits per heavy atom. The maximum atomic E-state index is 13.1. The van der Waals surface area contributed by atoms with Crippen LogP contribution in [0.25, 0.3) is 0 Å². The Hall–Kier alpha value is -2.87. The first-order valence-corrected chi connectivity index (χ1v) is 8.76. The standard InChI is InChI=1S/C20H21F3N2O3/c1-2-28-12-6-11-24-18(26)14-7-5-8-15(13-14)25-19(27)16-9-3-4-10-17(16)20(21,22)23/h3-5,7-10,13H,2,6,11-12H2,1H3,(H,24,26)(H,25,27). The fourth-order valence-corrected chi connectivity index (χ4v) is 2.49. The van der Waals surface area contributed by atoms with Crippen LogP contribution >= 0.6 is 0 Å². The van der Waals surface area contributed by atoms with Gasteiger partial charge in [-0.3, -0.25) is 9.59 Å². The van der Waals surface area contributed by atoms with Crippen LogP contribution in [0.1, 0.15) is 39.6 Å². The average Bonchev–Trinajstić information content (AvgIpc) is 2.67. The van der Waals surface area contributed by atoms with Gasteiger partial charge in [0, 0.05) is 31.0 Å². The van der Waals surface area contributed by atoms with Crippen molar-refractivity contribution in [3.63, 3.8) is 0 Å². The SMILES string of the molecule is CCOCCCNC(=O)c1cccc(NC(=O)c2ccccc2C(F)(F)F)c1. The third-order valence-corrected chi connectivity index (χ3v) is 3.81. The summed E-state index contributed by atoms with van der Waals surface area (Å²) in [6, 6.07) is 10.5. The monoisotopic (exact) mass is 394 g/mol. The topological polar surface area (TPSA) is 67.4 Å². The minimum absolute atomic E-state index is 0.226. The van der Waals surface area contributed by atoms with Crippen LogP contribution in [-0.4, -0.2) is 31.6 Å². The van der Waals surface area contributed by atoms with Gasteiger partial charge in [-0.25, -0.2) is 0 Å². The van der Waals surface area contributed by atoms with Gasteiger partial charge in [0.1, 0.15) is 0 Å². The van der Waals surface area contributed by atoms with Crippen molar-refractivity contribution in [1.82, 2.24) is 5.32 Å². The van der Waals surface area contributed by atoms with E-state index in [0.717, 1.165) is 12.1 Å². The van der Waals surface area contributed by atoms with E-state index in [2.05, 4.69) is 10.6 Å². The Kier molecular flexibility index (Phi) is 7.57. The maximum absolute atomic E-state index is 13.1. The highest BCUT2D eigenvalue weighted by atomic mass is 19.4. The normalized spacial score (nSPS) is 11.1. The summed E-state index contributed by atoms with van der Waals surface area (Å²) in [6.45, 7) is 3.44. The minimum Gasteiger partial charge on any atom is -0.382 e. The van der Waals surface area contributed by atoms with E-state index in [9.17, 15) is 22.8 Å². The highest BCUT2D eigenvalue weighted by Gasteiger charge is 2.34. The van der Waals surface area contributed by atoms with Gasteiger partial charge in [-0.1, -0.05) is 18.2 Å². The molecule has 2 amide bonds. The van der Waals surface area contributed by atoms with E-state index >= 15 is 0 Å². The molecule has 0 heterocycles. The van der Waals surface area contributed by atoms with Gasteiger partial charge in [0.05, 0.1) is 11.1 Å². The molecule has 0 aliphatic carbocycles. The van der Waals surface area contributed by atoms with Gasteiger partial charge in [0.25, 0.3) is 11.8 Å². The van der Waals surface area contributed by atoms with Crippen molar-refractivity contribution >= 4 is 17.5 Å². The Morgan fingerprint density at radius 1 is 1.04 bits per heavy atom. The second-order valence-electron chi connectivity index (χ2n) is 5.88. The first kappa shape index (κ1) is 21.4. The third kappa shape index (κ3) is 6.09. The van der Waals surface area contributed by atoms with Gasteiger partial charge in [-0.2, -0.15) is 13.2 Å². The Balaban J connectivity index is 2.05. The molecule has 5 nitrogen and oxygen atoms in total. The molecule has 28 heavy (non-hydrogen) atoms. The van der Waals surface area contributed by atoms with E-state index in [1.807, 2.05) is 6.92 Å². The number of hydrogen-bond acceptors (Lipinski definition) is 3. The number of ether oxygens (including phenoxy) is 1. The smallest absolute Gasteiger partial charge is 0.382 e. The molecule has 0 aromatic heterocycles. The van der Waals surface area contributed by atoms with E-state index in [-0.39, 0.29) is 11.6 Å². The number of benzene rings is 2. The van der Waals surface area contributed by atoms with Crippen LogP contribution in [0.5, 0.6) is 0 Å². The molecule has 2 rings (SSSR count). The Labute approximate surface area is 160 Å². The number of carbonyl (C=O) groups is 2. The lowest BCUT2D eigenvalue weighted by atomic mass is 10.1. The van der Waals surface area contributed by atoms with E-state index < -0.39 is 23.2 Å². The number of hydrogen-bond donors (Lipinski definition) is 2. The fourth-order valence-electron chi connectivity index (χ4n) is 2.49. The highest BCUT2D eigenvalue weighted by Crippen LogP contribution is 2.32. The number of alkyl halides is 3. The molecule has 0 bridgehead atoms. The predicted octanol–water partition coefficient (Wildman–Crippen LogP) is 4.11. The van der Waals surface area contributed by atoms with Crippen molar-refractivity contribution in [2.24, 2.45) is 0 Å². The van der Waals surface area contributed by atoms with Crippen LogP contribution in [-0.2, 0) is 10.9 Å². The number of nitrogens with one attached hydrogen (secondary N) is 2. The maximum Gasteiger partial charge on any atom is 0.417 e. The first-order valence-electron chi connectivity index (χ1n) is 8.76. The average molecular weight is 394 g/mol.